The summed E-state index contributed by atoms with van der Waals surface area (Å²) >= 11 is 0. The second-order valence-corrected chi connectivity index (χ2v) is 6.11. The molecule has 0 heterocycles. The van der Waals surface area contributed by atoms with Crippen molar-refractivity contribution in [3.8, 4) is 0 Å². The zero-order valence-corrected chi connectivity index (χ0v) is 12.7. The number of benzene rings is 1. The first kappa shape index (κ1) is 17.3. The number of nitrogens with zero attached hydrogens (tertiary/aromatic N) is 2. The Morgan fingerprint density at radius 1 is 1.43 bits per heavy atom. The molecule has 1 aromatic rings. The van der Waals surface area contributed by atoms with E-state index in [9.17, 15) is 18.5 Å². The van der Waals surface area contributed by atoms with Crippen LogP contribution in [0.5, 0.6) is 0 Å². The van der Waals surface area contributed by atoms with Crippen molar-refractivity contribution in [2.45, 2.75) is 11.8 Å². The molecule has 0 aliphatic rings. The third-order valence-corrected chi connectivity index (χ3v) is 4.43. The van der Waals surface area contributed by atoms with Crippen LogP contribution < -0.4 is 16.0 Å². The Hall–Kier alpha value is -1.75. The van der Waals surface area contributed by atoms with Crippen molar-refractivity contribution in [2.24, 2.45) is 5.84 Å². The maximum Gasteiger partial charge on any atom is 0.289 e. The lowest BCUT2D eigenvalue weighted by Gasteiger charge is -2.14. The van der Waals surface area contributed by atoms with Crippen molar-refractivity contribution < 1.29 is 13.3 Å². The lowest BCUT2D eigenvalue weighted by atomic mass is 10.3. The monoisotopic (exact) mass is 317 g/mol. The second-order valence-electron chi connectivity index (χ2n) is 4.38. The minimum absolute atomic E-state index is 0.157. The van der Waals surface area contributed by atoms with Crippen LogP contribution in [0.3, 0.4) is 0 Å². The van der Waals surface area contributed by atoms with Crippen LogP contribution in [0, 0.1) is 10.1 Å². The molecule has 0 aromatic heterocycles. The van der Waals surface area contributed by atoms with Crippen molar-refractivity contribution in [2.75, 3.05) is 32.1 Å². The van der Waals surface area contributed by atoms with Crippen LogP contribution in [-0.2, 0) is 10.0 Å². The van der Waals surface area contributed by atoms with E-state index in [2.05, 4.69) is 10.1 Å². The van der Waals surface area contributed by atoms with Crippen molar-refractivity contribution in [3.63, 3.8) is 0 Å². The van der Waals surface area contributed by atoms with Gasteiger partial charge in [0.1, 0.15) is 0 Å². The summed E-state index contributed by atoms with van der Waals surface area (Å²) in [5, 5.41) is 10.9. The van der Waals surface area contributed by atoms with Gasteiger partial charge in [-0.3, -0.25) is 16.0 Å². The third-order valence-electron chi connectivity index (χ3n) is 2.94. The summed E-state index contributed by atoms with van der Waals surface area (Å²) in [7, 11) is -2.14. The summed E-state index contributed by atoms with van der Waals surface area (Å²) in [5.74, 6) is 5.20. The van der Waals surface area contributed by atoms with E-state index < -0.39 is 25.5 Å². The van der Waals surface area contributed by atoms with Gasteiger partial charge >= 0.3 is 0 Å². The molecule has 0 fully saturated rings. The number of nitrogens with two attached hydrogens (primary N) is 1. The molecule has 10 heteroatoms. The van der Waals surface area contributed by atoms with E-state index in [1.807, 2.05) is 18.9 Å². The van der Waals surface area contributed by atoms with Crippen molar-refractivity contribution in [3.05, 3.63) is 28.3 Å². The van der Waals surface area contributed by atoms with Gasteiger partial charge in [-0.25, -0.2) is 13.1 Å². The van der Waals surface area contributed by atoms with Crippen LogP contribution in [-0.4, -0.2) is 44.9 Å². The highest BCUT2D eigenvalue weighted by Crippen LogP contribution is 2.26. The Morgan fingerprint density at radius 3 is 2.62 bits per heavy atom. The quantitative estimate of drug-likeness (QED) is 0.352. The van der Waals surface area contributed by atoms with Crippen molar-refractivity contribution in [1.29, 1.82) is 0 Å². The lowest BCUT2D eigenvalue weighted by molar-refractivity contribution is -0.387. The first-order valence-electron chi connectivity index (χ1n) is 6.25. The molecule has 0 aliphatic heterocycles. The Balaban J connectivity index is 3.03. The fraction of sp³-hybridized carbons (Fsp3) is 0.455. The van der Waals surface area contributed by atoms with Crippen LogP contribution in [0.25, 0.3) is 0 Å². The molecule has 1 rings (SSSR count). The Bertz CT molecular complexity index is 605. The van der Waals surface area contributed by atoms with E-state index in [0.29, 0.717) is 6.54 Å². The molecule has 0 radical (unpaired) electrons. The summed E-state index contributed by atoms with van der Waals surface area (Å²) in [6.45, 7) is 3.37. The zero-order valence-electron chi connectivity index (χ0n) is 11.9. The molecule has 0 atom stereocenters. The fourth-order valence-corrected chi connectivity index (χ4v) is 2.79. The molecule has 0 amide bonds. The smallest absolute Gasteiger partial charge is 0.289 e. The Kier molecular flexibility index (Phi) is 6.03. The van der Waals surface area contributed by atoms with E-state index in [0.717, 1.165) is 18.7 Å². The third kappa shape index (κ3) is 4.63. The number of hydrogen-bond acceptors (Lipinski definition) is 7. The standard InChI is InChI=1S/C11H19N5O4S/c1-3-15(2)7-6-13-21(19,20)11-8-9(14-12)4-5-10(11)16(17)18/h4-5,8,13-14H,3,6-7,12H2,1-2H3. The highest BCUT2D eigenvalue weighted by Gasteiger charge is 2.25. The summed E-state index contributed by atoms with van der Waals surface area (Å²) in [6, 6.07) is 3.56. The number of nitrogen functional groups attached to an aromatic ring is 1. The first-order valence-corrected chi connectivity index (χ1v) is 7.73. The molecule has 0 saturated carbocycles. The molecule has 9 nitrogen and oxygen atoms in total. The van der Waals surface area contributed by atoms with Gasteiger partial charge in [0, 0.05) is 19.2 Å². The number of hydrogen-bond donors (Lipinski definition) is 3. The molecule has 0 bridgehead atoms. The molecule has 118 valence electrons. The maximum atomic E-state index is 12.2. The molecule has 4 N–H and O–H groups in total. The second kappa shape index (κ2) is 7.31. The van der Waals surface area contributed by atoms with Crippen LogP contribution in [0.15, 0.2) is 23.1 Å². The van der Waals surface area contributed by atoms with Gasteiger partial charge in [-0.1, -0.05) is 6.92 Å². The van der Waals surface area contributed by atoms with Gasteiger partial charge in [0.05, 0.1) is 10.6 Å². The topological polar surface area (TPSA) is 131 Å². The fourth-order valence-electron chi connectivity index (χ4n) is 1.58. The number of likely N-dealkylation sites (N-methyl/N-ethyl adjacent to an activating group) is 1. The van der Waals surface area contributed by atoms with E-state index in [1.54, 1.807) is 0 Å². The van der Waals surface area contributed by atoms with E-state index in [4.69, 9.17) is 5.84 Å². The van der Waals surface area contributed by atoms with Crippen LogP contribution in [0.1, 0.15) is 6.92 Å². The number of nitro benzene ring substituents is 1. The average molecular weight is 317 g/mol. The van der Waals surface area contributed by atoms with Crippen LogP contribution >= 0.6 is 0 Å². The number of rotatable bonds is 8. The normalized spacial score (nSPS) is 11.6. The number of sulfonamides is 1. The number of nitro groups is 1. The summed E-state index contributed by atoms with van der Waals surface area (Å²) in [6.07, 6.45) is 0. The van der Waals surface area contributed by atoms with E-state index >= 15 is 0 Å². The predicted molar refractivity (Wildman–Crippen MR) is 79.3 cm³/mol. The minimum Gasteiger partial charge on any atom is -0.324 e. The van der Waals surface area contributed by atoms with Gasteiger partial charge in [0.25, 0.3) is 5.69 Å². The molecule has 21 heavy (non-hydrogen) atoms. The zero-order chi connectivity index (χ0) is 16.0. The maximum absolute atomic E-state index is 12.2. The van der Waals surface area contributed by atoms with Crippen LogP contribution in [0.2, 0.25) is 0 Å². The first-order chi connectivity index (χ1) is 9.81. The van der Waals surface area contributed by atoms with Crippen molar-refractivity contribution >= 4 is 21.4 Å². The molecule has 0 saturated heterocycles. The minimum atomic E-state index is -3.99. The van der Waals surface area contributed by atoms with Gasteiger partial charge in [0.2, 0.25) is 10.0 Å². The SMILES string of the molecule is CCN(C)CCNS(=O)(=O)c1cc(NN)ccc1[N+](=O)[O-]. The summed E-state index contributed by atoms with van der Waals surface area (Å²) in [4.78, 5) is 11.7. The van der Waals surface area contributed by atoms with Crippen LogP contribution in [0.4, 0.5) is 11.4 Å². The number of hydrazine groups is 1. The summed E-state index contributed by atoms with van der Waals surface area (Å²) in [5.41, 5.74) is 2.04. The molecule has 0 spiro atoms. The number of anilines is 1. The van der Waals surface area contributed by atoms with Gasteiger partial charge in [-0.15, -0.1) is 0 Å². The molecular formula is C11H19N5O4S. The Labute approximate surface area is 123 Å². The lowest BCUT2D eigenvalue weighted by Crippen LogP contribution is -2.33. The van der Waals surface area contributed by atoms with E-state index in [1.165, 1.54) is 6.07 Å². The largest absolute Gasteiger partial charge is 0.324 e. The van der Waals surface area contributed by atoms with E-state index in [-0.39, 0.29) is 12.2 Å². The predicted octanol–water partition coefficient (Wildman–Crippen LogP) is 0.110. The highest BCUT2D eigenvalue weighted by atomic mass is 32.2. The highest BCUT2D eigenvalue weighted by molar-refractivity contribution is 7.89. The van der Waals surface area contributed by atoms with Gasteiger partial charge in [-0.2, -0.15) is 0 Å². The molecule has 0 unspecified atom stereocenters. The average Bonchev–Trinajstić information content (AvgIpc) is 2.45. The van der Waals surface area contributed by atoms with Crippen molar-refractivity contribution in [1.82, 2.24) is 9.62 Å². The molecular weight excluding hydrogens is 298 g/mol. The molecule has 0 aliphatic carbocycles. The summed E-state index contributed by atoms with van der Waals surface area (Å²) < 4.78 is 26.7. The van der Waals surface area contributed by atoms with Gasteiger partial charge < -0.3 is 10.3 Å². The Morgan fingerprint density at radius 2 is 2.10 bits per heavy atom. The van der Waals surface area contributed by atoms with Gasteiger partial charge in [-0.05, 0) is 25.7 Å². The molecule has 1 aromatic carbocycles. The van der Waals surface area contributed by atoms with Gasteiger partial charge in [0.15, 0.2) is 4.90 Å². The number of nitrogens with one attached hydrogen (secondary N) is 2.